The van der Waals surface area contributed by atoms with Crippen LogP contribution >= 0.6 is 0 Å². The SMILES string of the molecule is CCCOc1c(O)cc([C@@H]2CC[C@@H](c3cc(OC)c(OC)c(OC)c3)O2)cc1S(=O)(=O)C[C@@H](C)O. The van der Waals surface area contributed by atoms with Gasteiger partial charge in [0.1, 0.15) is 4.90 Å². The summed E-state index contributed by atoms with van der Waals surface area (Å²) in [6.45, 7) is 3.52. The van der Waals surface area contributed by atoms with Crippen molar-refractivity contribution in [2.75, 3.05) is 33.7 Å². The van der Waals surface area contributed by atoms with Crippen LogP contribution < -0.4 is 18.9 Å². The molecule has 2 aromatic rings. The number of aromatic hydroxyl groups is 1. The molecule has 1 aliphatic rings. The molecular formula is C25H34O9S. The molecule has 0 amide bonds. The van der Waals surface area contributed by atoms with Crippen LogP contribution in [0, 0.1) is 0 Å². The van der Waals surface area contributed by atoms with Crippen molar-refractivity contribution >= 4 is 9.84 Å². The summed E-state index contributed by atoms with van der Waals surface area (Å²) in [4.78, 5) is -0.151. The molecule has 2 N–H and O–H groups in total. The number of aliphatic hydroxyl groups is 1. The molecule has 3 rings (SSSR count). The van der Waals surface area contributed by atoms with Crippen LogP contribution in [0.5, 0.6) is 28.7 Å². The first kappa shape index (κ1) is 26.9. The molecule has 0 saturated carbocycles. The molecule has 9 nitrogen and oxygen atoms in total. The maximum Gasteiger partial charge on any atom is 0.203 e. The van der Waals surface area contributed by atoms with Gasteiger partial charge in [0.05, 0.1) is 52.0 Å². The number of sulfone groups is 1. The third kappa shape index (κ3) is 5.94. The van der Waals surface area contributed by atoms with Crippen LogP contribution in [-0.4, -0.2) is 58.4 Å². The van der Waals surface area contributed by atoms with E-state index in [2.05, 4.69) is 0 Å². The van der Waals surface area contributed by atoms with Crippen molar-refractivity contribution in [3.63, 3.8) is 0 Å². The van der Waals surface area contributed by atoms with Crippen molar-refractivity contribution in [1.82, 2.24) is 0 Å². The van der Waals surface area contributed by atoms with Gasteiger partial charge < -0.3 is 33.9 Å². The number of aliphatic hydroxyl groups excluding tert-OH is 1. The second-order valence-electron chi connectivity index (χ2n) is 8.50. The third-order valence-corrected chi connectivity index (χ3v) is 7.65. The fraction of sp³-hybridized carbons (Fsp3) is 0.520. The molecule has 1 heterocycles. The molecule has 35 heavy (non-hydrogen) atoms. The van der Waals surface area contributed by atoms with E-state index in [0.29, 0.717) is 42.1 Å². The Bertz CT molecular complexity index is 1100. The number of hydrogen-bond acceptors (Lipinski definition) is 9. The molecule has 0 radical (unpaired) electrons. The zero-order valence-corrected chi connectivity index (χ0v) is 21.6. The smallest absolute Gasteiger partial charge is 0.203 e. The van der Waals surface area contributed by atoms with E-state index in [4.69, 9.17) is 23.7 Å². The summed E-state index contributed by atoms with van der Waals surface area (Å²) in [5.41, 5.74) is 1.35. The van der Waals surface area contributed by atoms with E-state index < -0.39 is 27.8 Å². The molecule has 0 spiro atoms. The van der Waals surface area contributed by atoms with Gasteiger partial charge in [-0.2, -0.15) is 0 Å². The molecule has 0 aromatic heterocycles. The molecule has 3 atom stereocenters. The van der Waals surface area contributed by atoms with Gasteiger partial charge in [-0.3, -0.25) is 0 Å². The van der Waals surface area contributed by atoms with Crippen LogP contribution in [0.1, 0.15) is 56.4 Å². The molecule has 0 bridgehead atoms. The summed E-state index contributed by atoms with van der Waals surface area (Å²) in [5, 5.41) is 20.4. The van der Waals surface area contributed by atoms with E-state index in [1.54, 1.807) is 14.2 Å². The van der Waals surface area contributed by atoms with Gasteiger partial charge in [-0.25, -0.2) is 8.42 Å². The first-order chi connectivity index (χ1) is 16.6. The van der Waals surface area contributed by atoms with Crippen LogP contribution in [0.2, 0.25) is 0 Å². The summed E-state index contributed by atoms with van der Waals surface area (Å²) in [7, 11) is 0.692. The Balaban J connectivity index is 1.96. The van der Waals surface area contributed by atoms with Crippen molar-refractivity contribution in [3.05, 3.63) is 35.4 Å². The van der Waals surface area contributed by atoms with E-state index >= 15 is 0 Å². The predicted molar refractivity (Wildman–Crippen MR) is 130 cm³/mol. The van der Waals surface area contributed by atoms with Crippen molar-refractivity contribution in [1.29, 1.82) is 0 Å². The summed E-state index contributed by atoms with van der Waals surface area (Å²) < 4.78 is 54.1. The van der Waals surface area contributed by atoms with Gasteiger partial charge in [0.2, 0.25) is 5.75 Å². The maximum atomic E-state index is 13.0. The molecule has 0 unspecified atom stereocenters. The van der Waals surface area contributed by atoms with Gasteiger partial charge in [0, 0.05) is 0 Å². The van der Waals surface area contributed by atoms with E-state index in [0.717, 1.165) is 5.56 Å². The zero-order valence-electron chi connectivity index (χ0n) is 20.7. The van der Waals surface area contributed by atoms with E-state index in [1.165, 1.54) is 26.2 Å². The molecule has 2 aromatic carbocycles. The lowest BCUT2D eigenvalue weighted by atomic mass is 10.0. The lowest BCUT2D eigenvalue weighted by molar-refractivity contribution is 0.0435. The molecule has 1 fully saturated rings. The third-order valence-electron chi connectivity index (χ3n) is 5.75. The van der Waals surface area contributed by atoms with Gasteiger partial charge in [0.25, 0.3) is 0 Å². The average molecular weight is 511 g/mol. The highest BCUT2D eigenvalue weighted by Crippen LogP contribution is 2.47. The number of phenolic OH excluding ortho intramolecular Hbond substituents is 1. The zero-order chi connectivity index (χ0) is 25.8. The fourth-order valence-electron chi connectivity index (χ4n) is 4.20. The van der Waals surface area contributed by atoms with Gasteiger partial charge in [-0.05, 0) is 61.6 Å². The molecule has 0 aliphatic carbocycles. The number of ether oxygens (including phenoxy) is 5. The fourth-order valence-corrected chi connectivity index (χ4v) is 5.77. The van der Waals surface area contributed by atoms with Crippen LogP contribution in [0.3, 0.4) is 0 Å². The summed E-state index contributed by atoms with van der Waals surface area (Å²) in [6.07, 6.45) is 0.0750. The van der Waals surface area contributed by atoms with Gasteiger partial charge in [-0.1, -0.05) is 6.92 Å². The van der Waals surface area contributed by atoms with Crippen molar-refractivity contribution in [2.45, 2.75) is 56.3 Å². The molecule has 10 heteroatoms. The average Bonchev–Trinajstić information content (AvgIpc) is 3.31. The Hall–Kier alpha value is -2.69. The van der Waals surface area contributed by atoms with Gasteiger partial charge >= 0.3 is 0 Å². The highest BCUT2D eigenvalue weighted by Gasteiger charge is 2.32. The normalized spacial score (nSPS) is 18.8. The molecule has 1 aliphatic heterocycles. The monoisotopic (exact) mass is 510 g/mol. The van der Waals surface area contributed by atoms with E-state index in [9.17, 15) is 18.6 Å². The Morgan fingerprint density at radius 3 is 2.03 bits per heavy atom. The Morgan fingerprint density at radius 1 is 0.971 bits per heavy atom. The standard InChI is InChI=1S/C25H34O9S/c1-6-9-33-24-18(27)10-16(13-23(24)35(28,29)14-15(2)26)19-7-8-20(34-19)17-11-21(30-3)25(32-5)22(12-17)31-4/h10-13,15,19-20,26-27H,6-9,14H2,1-5H3/t15-,19+,20+/m1/s1. The minimum Gasteiger partial charge on any atom is -0.504 e. The second kappa shape index (κ2) is 11.4. The molecule has 1 saturated heterocycles. The number of rotatable bonds is 11. The second-order valence-corrected chi connectivity index (χ2v) is 10.5. The summed E-state index contributed by atoms with van der Waals surface area (Å²) in [5.74, 6) is 0.632. The van der Waals surface area contributed by atoms with Crippen molar-refractivity contribution in [2.24, 2.45) is 0 Å². The number of methoxy groups -OCH3 is 3. The Labute approximate surface area is 206 Å². The summed E-state index contributed by atoms with van der Waals surface area (Å²) in [6, 6.07) is 6.61. The van der Waals surface area contributed by atoms with Gasteiger partial charge in [-0.15, -0.1) is 0 Å². The van der Waals surface area contributed by atoms with Crippen LogP contribution in [0.15, 0.2) is 29.2 Å². The first-order valence-corrected chi connectivity index (χ1v) is 13.2. The van der Waals surface area contributed by atoms with Crippen molar-refractivity contribution < 1.29 is 42.3 Å². The first-order valence-electron chi connectivity index (χ1n) is 11.5. The minimum atomic E-state index is -3.92. The van der Waals surface area contributed by atoms with E-state index in [-0.39, 0.29) is 29.1 Å². The quantitative estimate of drug-likeness (QED) is 0.463. The minimum absolute atomic E-state index is 0.101. The predicted octanol–water partition coefficient (Wildman–Crippen LogP) is 3.95. The Kier molecular flexibility index (Phi) is 8.74. The number of phenols is 1. The maximum absolute atomic E-state index is 13.0. The number of benzene rings is 2. The van der Waals surface area contributed by atoms with Gasteiger partial charge in [0.15, 0.2) is 32.8 Å². The van der Waals surface area contributed by atoms with Crippen LogP contribution in [0.4, 0.5) is 0 Å². The molecular weight excluding hydrogens is 476 g/mol. The number of hydrogen-bond donors (Lipinski definition) is 2. The Morgan fingerprint density at radius 2 is 1.54 bits per heavy atom. The lowest BCUT2D eigenvalue weighted by Gasteiger charge is -2.20. The highest BCUT2D eigenvalue weighted by molar-refractivity contribution is 7.91. The highest BCUT2D eigenvalue weighted by atomic mass is 32.2. The topological polar surface area (TPSA) is 121 Å². The van der Waals surface area contributed by atoms with E-state index in [1.807, 2.05) is 19.1 Å². The van der Waals surface area contributed by atoms with Crippen LogP contribution in [-0.2, 0) is 14.6 Å². The lowest BCUT2D eigenvalue weighted by Crippen LogP contribution is -2.19. The molecule has 194 valence electrons. The van der Waals surface area contributed by atoms with Crippen LogP contribution in [0.25, 0.3) is 0 Å². The van der Waals surface area contributed by atoms with Crippen molar-refractivity contribution in [3.8, 4) is 28.7 Å². The largest absolute Gasteiger partial charge is 0.504 e. The summed E-state index contributed by atoms with van der Waals surface area (Å²) >= 11 is 0.